The molecule has 1 saturated carbocycles. The van der Waals surface area contributed by atoms with Crippen LogP contribution < -0.4 is 10.6 Å². The van der Waals surface area contributed by atoms with Crippen LogP contribution in [0.3, 0.4) is 0 Å². The van der Waals surface area contributed by atoms with Gasteiger partial charge in [0.05, 0.1) is 16.9 Å². The lowest BCUT2D eigenvalue weighted by Crippen LogP contribution is -2.37. The van der Waals surface area contributed by atoms with Crippen LogP contribution in [0.1, 0.15) is 25.0 Å². The van der Waals surface area contributed by atoms with Crippen molar-refractivity contribution < 1.29 is 0 Å². The zero-order valence-corrected chi connectivity index (χ0v) is 11.4. The predicted molar refractivity (Wildman–Crippen MR) is 73.3 cm³/mol. The number of hydrogen-bond acceptors (Lipinski definition) is 2. The average Bonchev–Trinajstić information content (AvgIpc) is 3.05. The monoisotopic (exact) mass is 272 g/mol. The molecule has 0 radical (unpaired) electrons. The minimum Gasteiger partial charge on any atom is -0.363 e. The number of nitrogens with one attached hydrogen (secondary N) is 2. The zero-order chi connectivity index (χ0) is 12.3. The number of aromatic nitrogens is 2. The minimum absolute atomic E-state index is 0.613. The van der Waals surface area contributed by atoms with Crippen LogP contribution in [0.4, 0.5) is 0 Å². The summed E-state index contributed by atoms with van der Waals surface area (Å²) in [5, 5.41) is 12.1. The lowest BCUT2D eigenvalue weighted by molar-refractivity contribution is 0.559. The standard InChI is InChI=1S/C11H17ClN4S/c1-8-10(12)7-14-16(8)6-2-5-13-11(17)15-9-3-4-9/h7,9H,2-6H2,1H3,(H2,13,15,17). The van der Waals surface area contributed by atoms with Crippen molar-refractivity contribution in [1.82, 2.24) is 20.4 Å². The molecule has 1 aromatic heterocycles. The van der Waals surface area contributed by atoms with Crippen LogP contribution in [0.25, 0.3) is 0 Å². The average molecular weight is 273 g/mol. The fourth-order valence-corrected chi connectivity index (χ4v) is 1.95. The van der Waals surface area contributed by atoms with E-state index >= 15 is 0 Å². The molecular formula is C11H17ClN4S. The van der Waals surface area contributed by atoms with Gasteiger partial charge in [0, 0.05) is 19.1 Å². The van der Waals surface area contributed by atoms with Crippen molar-refractivity contribution in [2.75, 3.05) is 6.54 Å². The Hall–Kier alpha value is -0.810. The highest BCUT2D eigenvalue weighted by Crippen LogP contribution is 2.18. The first-order chi connectivity index (χ1) is 8.16. The summed E-state index contributed by atoms with van der Waals surface area (Å²) >= 11 is 11.1. The zero-order valence-electron chi connectivity index (χ0n) is 9.87. The van der Waals surface area contributed by atoms with Gasteiger partial charge in [-0.05, 0) is 38.4 Å². The molecule has 0 atom stereocenters. The minimum atomic E-state index is 0.613. The fourth-order valence-electron chi connectivity index (χ4n) is 1.54. The molecule has 0 aliphatic heterocycles. The molecule has 0 unspecified atom stereocenters. The molecule has 1 aliphatic carbocycles. The molecule has 4 nitrogen and oxygen atoms in total. The summed E-state index contributed by atoms with van der Waals surface area (Å²) in [6.45, 7) is 3.69. The molecule has 0 aromatic carbocycles. The van der Waals surface area contributed by atoms with E-state index in [9.17, 15) is 0 Å². The van der Waals surface area contributed by atoms with Gasteiger partial charge in [0.2, 0.25) is 0 Å². The molecule has 94 valence electrons. The predicted octanol–water partition coefficient (Wildman–Crippen LogP) is 1.86. The third-order valence-corrected chi connectivity index (χ3v) is 3.42. The van der Waals surface area contributed by atoms with Crippen LogP contribution in [0, 0.1) is 6.92 Å². The Bertz CT molecular complexity index is 400. The maximum Gasteiger partial charge on any atom is 0.166 e. The quantitative estimate of drug-likeness (QED) is 0.634. The molecule has 0 amide bonds. The van der Waals surface area contributed by atoms with Crippen molar-refractivity contribution in [3.63, 3.8) is 0 Å². The van der Waals surface area contributed by atoms with E-state index < -0.39 is 0 Å². The Labute approximate surface area is 112 Å². The number of nitrogens with zero attached hydrogens (tertiary/aromatic N) is 2. The van der Waals surface area contributed by atoms with E-state index in [1.54, 1.807) is 6.20 Å². The largest absolute Gasteiger partial charge is 0.363 e. The number of aryl methyl sites for hydroxylation is 1. The Balaban J connectivity index is 1.62. The topological polar surface area (TPSA) is 41.9 Å². The summed E-state index contributed by atoms with van der Waals surface area (Å²) in [7, 11) is 0. The van der Waals surface area contributed by atoms with Crippen molar-refractivity contribution in [2.24, 2.45) is 0 Å². The summed E-state index contributed by atoms with van der Waals surface area (Å²) < 4.78 is 1.92. The van der Waals surface area contributed by atoms with Gasteiger partial charge in [-0.1, -0.05) is 11.6 Å². The second-order valence-electron chi connectivity index (χ2n) is 4.33. The van der Waals surface area contributed by atoms with Crippen molar-refractivity contribution >= 4 is 28.9 Å². The van der Waals surface area contributed by atoms with Crippen LogP contribution in [-0.4, -0.2) is 27.5 Å². The number of halogens is 1. The molecule has 0 saturated heterocycles. The summed E-state index contributed by atoms with van der Waals surface area (Å²) in [4.78, 5) is 0. The number of hydrogen-bond donors (Lipinski definition) is 2. The molecule has 2 N–H and O–H groups in total. The molecule has 1 aliphatic rings. The van der Waals surface area contributed by atoms with Crippen LogP contribution >= 0.6 is 23.8 Å². The van der Waals surface area contributed by atoms with Gasteiger partial charge in [-0.3, -0.25) is 4.68 Å². The van der Waals surface area contributed by atoms with Gasteiger partial charge in [0.15, 0.2) is 5.11 Å². The Morgan fingerprint density at radius 3 is 3.00 bits per heavy atom. The van der Waals surface area contributed by atoms with E-state index in [1.165, 1.54) is 12.8 Å². The first-order valence-corrected chi connectivity index (χ1v) is 6.67. The van der Waals surface area contributed by atoms with E-state index in [4.69, 9.17) is 23.8 Å². The Morgan fingerprint density at radius 2 is 2.41 bits per heavy atom. The lowest BCUT2D eigenvalue weighted by atomic mass is 10.4. The molecule has 6 heteroatoms. The maximum absolute atomic E-state index is 5.93. The second-order valence-corrected chi connectivity index (χ2v) is 5.14. The lowest BCUT2D eigenvalue weighted by Gasteiger charge is -2.09. The highest BCUT2D eigenvalue weighted by molar-refractivity contribution is 7.80. The second kappa shape index (κ2) is 5.69. The summed E-state index contributed by atoms with van der Waals surface area (Å²) in [5.41, 5.74) is 1.02. The SMILES string of the molecule is Cc1c(Cl)cnn1CCCNC(=S)NC1CC1. The van der Waals surface area contributed by atoms with Gasteiger partial charge in [-0.25, -0.2) is 0 Å². The summed E-state index contributed by atoms with van der Waals surface area (Å²) in [6.07, 6.45) is 5.15. The van der Waals surface area contributed by atoms with Gasteiger partial charge in [-0.15, -0.1) is 0 Å². The molecular weight excluding hydrogens is 256 g/mol. The highest BCUT2D eigenvalue weighted by Gasteiger charge is 2.21. The highest BCUT2D eigenvalue weighted by atomic mass is 35.5. The smallest absolute Gasteiger partial charge is 0.166 e. The van der Waals surface area contributed by atoms with E-state index in [0.717, 1.165) is 35.3 Å². The van der Waals surface area contributed by atoms with E-state index in [1.807, 2.05) is 11.6 Å². The molecule has 0 bridgehead atoms. The third-order valence-electron chi connectivity index (χ3n) is 2.79. The van der Waals surface area contributed by atoms with Crippen LogP contribution in [0.5, 0.6) is 0 Å². The van der Waals surface area contributed by atoms with Crippen LogP contribution in [0.15, 0.2) is 6.20 Å². The molecule has 2 rings (SSSR count). The first kappa shape index (κ1) is 12.6. The Morgan fingerprint density at radius 1 is 1.65 bits per heavy atom. The molecule has 1 heterocycles. The molecule has 0 spiro atoms. The number of rotatable bonds is 5. The molecule has 1 aromatic rings. The number of thiocarbonyl (C=S) groups is 1. The van der Waals surface area contributed by atoms with Gasteiger partial charge >= 0.3 is 0 Å². The van der Waals surface area contributed by atoms with Gasteiger partial charge in [0.25, 0.3) is 0 Å². The fraction of sp³-hybridized carbons (Fsp3) is 0.636. The Kier molecular flexibility index (Phi) is 4.23. The maximum atomic E-state index is 5.93. The van der Waals surface area contributed by atoms with Crippen LogP contribution in [-0.2, 0) is 6.54 Å². The van der Waals surface area contributed by atoms with Crippen molar-refractivity contribution in [1.29, 1.82) is 0 Å². The van der Waals surface area contributed by atoms with Crippen molar-refractivity contribution in [3.8, 4) is 0 Å². The van der Waals surface area contributed by atoms with E-state index in [-0.39, 0.29) is 0 Å². The van der Waals surface area contributed by atoms with Crippen LogP contribution in [0.2, 0.25) is 5.02 Å². The molecule has 17 heavy (non-hydrogen) atoms. The van der Waals surface area contributed by atoms with Gasteiger partial charge < -0.3 is 10.6 Å². The third kappa shape index (κ3) is 3.85. The molecule has 1 fully saturated rings. The first-order valence-electron chi connectivity index (χ1n) is 5.89. The van der Waals surface area contributed by atoms with Crippen molar-refractivity contribution in [3.05, 3.63) is 16.9 Å². The normalized spacial score (nSPS) is 14.7. The summed E-state index contributed by atoms with van der Waals surface area (Å²) in [6, 6.07) is 0.613. The van der Waals surface area contributed by atoms with E-state index in [0.29, 0.717) is 6.04 Å². The summed E-state index contributed by atoms with van der Waals surface area (Å²) in [5.74, 6) is 0. The van der Waals surface area contributed by atoms with E-state index in [2.05, 4.69) is 15.7 Å². The van der Waals surface area contributed by atoms with Gasteiger partial charge in [-0.2, -0.15) is 5.10 Å². The van der Waals surface area contributed by atoms with Crippen molar-refractivity contribution in [2.45, 2.75) is 38.8 Å². The van der Waals surface area contributed by atoms with Gasteiger partial charge in [0.1, 0.15) is 0 Å².